The van der Waals surface area contributed by atoms with E-state index in [4.69, 9.17) is 23.2 Å². The summed E-state index contributed by atoms with van der Waals surface area (Å²) in [5, 5.41) is 1.16. The Hall–Kier alpha value is 0.150. The van der Waals surface area contributed by atoms with E-state index in [9.17, 15) is 0 Å². The minimum atomic E-state index is -0.172. The Morgan fingerprint density at radius 1 is 1.17 bits per heavy atom. The van der Waals surface area contributed by atoms with Gasteiger partial charge < -0.3 is 0 Å². The molecule has 0 aromatic heterocycles. The van der Waals surface area contributed by atoms with Gasteiger partial charge in [0, 0.05) is 4.75 Å². The number of benzene rings is 1. The Kier molecular flexibility index (Phi) is 2.97. The van der Waals surface area contributed by atoms with Crippen molar-refractivity contribution in [3.63, 3.8) is 0 Å². The van der Waals surface area contributed by atoms with Gasteiger partial charge in [0.25, 0.3) is 0 Å². The third-order valence-corrected chi connectivity index (χ3v) is 2.62. The molecular weight excluding hydrogens is 211 g/mol. The van der Waals surface area contributed by atoms with Gasteiger partial charge in [-0.3, -0.25) is 0 Å². The van der Waals surface area contributed by atoms with Gasteiger partial charge in [0.2, 0.25) is 0 Å². The van der Waals surface area contributed by atoms with Gasteiger partial charge in [0.05, 0.1) is 10.0 Å². The van der Waals surface area contributed by atoms with E-state index in [1.54, 1.807) is 6.07 Å². The average molecular weight is 221 g/mol. The van der Waals surface area contributed by atoms with E-state index in [0.29, 0.717) is 10.0 Å². The van der Waals surface area contributed by atoms with Crippen LogP contribution in [0.1, 0.15) is 19.4 Å². The third-order valence-electron chi connectivity index (χ3n) is 1.63. The minimum absolute atomic E-state index is 0.172. The Morgan fingerprint density at radius 3 is 2.17 bits per heavy atom. The van der Waals surface area contributed by atoms with Gasteiger partial charge in [-0.25, -0.2) is 0 Å². The van der Waals surface area contributed by atoms with Gasteiger partial charge in [-0.15, -0.1) is 0 Å². The smallest absolute Gasteiger partial charge is 0.0595 e. The van der Waals surface area contributed by atoms with Crippen molar-refractivity contribution < 1.29 is 0 Å². The van der Waals surface area contributed by atoms with Crippen LogP contribution >= 0.6 is 35.8 Å². The average Bonchev–Trinajstić information content (AvgIpc) is 1.92. The molecule has 12 heavy (non-hydrogen) atoms. The van der Waals surface area contributed by atoms with Crippen molar-refractivity contribution >= 4 is 35.8 Å². The summed E-state index contributed by atoms with van der Waals surface area (Å²) in [7, 11) is 0. The highest BCUT2D eigenvalue weighted by molar-refractivity contribution is 7.81. The first-order chi connectivity index (χ1) is 5.41. The highest BCUT2D eigenvalue weighted by atomic mass is 35.5. The van der Waals surface area contributed by atoms with Crippen molar-refractivity contribution in [1.82, 2.24) is 0 Å². The first kappa shape index (κ1) is 10.2. The first-order valence-corrected chi connectivity index (χ1v) is 4.79. The fourth-order valence-corrected chi connectivity index (χ4v) is 1.31. The summed E-state index contributed by atoms with van der Waals surface area (Å²) in [5.41, 5.74) is 1.07. The molecule has 66 valence electrons. The fraction of sp³-hybridized carbons (Fsp3) is 0.333. The lowest BCUT2D eigenvalue weighted by molar-refractivity contribution is 0.791. The van der Waals surface area contributed by atoms with Crippen molar-refractivity contribution in [2.24, 2.45) is 0 Å². The van der Waals surface area contributed by atoms with E-state index in [1.165, 1.54) is 0 Å². The predicted octanol–water partition coefficient (Wildman–Crippen LogP) is 4.16. The molecule has 3 heteroatoms. The van der Waals surface area contributed by atoms with Crippen LogP contribution in [0, 0.1) is 0 Å². The van der Waals surface area contributed by atoms with Gasteiger partial charge >= 0.3 is 0 Å². The Labute approximate surface area is 88.3 Å². The summed E-state index contributed by atoms with van der Waals surface area (Å²) in [6, 6.07) is 5.56. The van der Waals surface area contributed by atoms with Crippen LogP contribution in [-0.2, 0) is 4.75 Å². The number of halogens is 2. The summed E-state index contributed by atoms with van der Waals surface area (Å²) >= 11 is 16.1. The fourth-order valence-electron chi connectivity index (χ4n) is 0.877. The molecule has 0 spiro atoms. The van der Waals surface area contributed by atoms with E-state index in [0.717, 1.165) is 5.56 Å². The van der Waals surface area contributed by atoms with Crippen molar-refractivity contribution in [2.45, 2.75) is 18.6 Å². The highest BCUT2D eigenvalue weighted by Gasteiger charge is 2.15. The van der Waals surface area contributed by atoms with Crippen molar-refractivity contribution in [1.29, 1.82) is 0 Å². The summed E-state index contributed by atoms with van der Waals surface area (Å²) in [6.45, 7) is 4.02. The van der Waals surface area contributed by atoms with Crippen LogP contribution in [0.15, 0.2) is 18.2 Å². The van der Waals surface area contributed by atoms with E-state index < -0.39 is 0 Å². The zero-order valence-electron chi connectivity index (χ0n) is 6.94. The SMILES string of the molecule is CC(C)(S)c1ccc(Cl)c(Cl)c1. The molecule has 0 unspecified atom stereocenters. The maximum absolute atomic E-state index is 5.85. The molecule has 0 nitrogen and oxygen atoms in total. The lowest BCUT2D eigenvalue weighted by Gasteiger charge is -2.18. The maximum atomic E-state index is 5.85. The van der Waals surface area contributed by atoms with Gasteiger partial charge in [0.15, 0.2) is 0 Å². The van der Waals surface area contributed by atoms with Crippen LogP contribution in [0.3, 0.4) is 0 Å². The second-order valence-electron chi connectivity index (χ2n) is 3.19. The topological polar surface area (TPSA) is 0 Å². The molecule has 0 N–H and O–H groups in total. The second-order valence-corrected chi connectivity index (χ2v) is 5.12. The van der Waals surface area contributed by atoms with Gasteiger partial charge in [-0.1, -0.05) is 29.3 Å². The van der Waals surface area contributed by atoms with Crippen molar-refractivity contribution in [2.75, 3.05) is 0 Å². The van der Waals surface area contributed by atoms with Gasteiger partial charge in [0.1, 0.15) is 0 Å². The first-order valence-electron chi connectivity index (χ1n) is 3.59. The quantitative estimate of drug-likeness (QED) is 0.676. The molecule has 0 fully saturated rings. The van der Waals surface area contributed by atoms with Crippen LogP contribution in [0.5, 0.6) is 0 Å². The number of hydrogen-bond donors (Lipinski definition) is 1. The lowest BCUT2D eigenvalue weighted by atomic mass is 10.0. The van der Waals surface area contributed by atoms with Crippen LogP contribution in [-0.4, -0.2) is 0 Å². The minimum Gasteiger partial charge on any atom is -0.168 e. The molecule has 0 saturated heterocycles. The molecule has 1 aromatic rings. The molecule has 0 amide bonds. The van der Waals surface area contributed by atoms with Crippen LogP contribution < -0.4 is 0 Å². The molecule has 0 saturated carbocycles. The summed E-state index contributed by atoms with van der Waals surface area (Å²) in [4.78, 5) is 0. The van der Waals surface area contributed by atoms with E-state index in [2.05, 4.69) is 12.6 Å². The maximum Gasteiger partial charge on any atom is 0.0595 e. The standard InChI is InChI=1S/C9H10Cl2S/c1-9(2,12)6-3-4-7(10)8(11)5-6/h3-5,12H,1-2H3. The van der Waals surface area contributed by atoms with E-state index in [1.807, 2.05) is 26.0 Å². The molecule has 1 aromatic carbocycles. The third kappa shape index (κ3) is 2.32. The van der Waals surface area contributed by atoms with Crippen LogP contribution in [0.25, 0.3) is 0 Å². The largest absolute Gasteiger partial charge is 0.168 e. The Bertz CT molecular complexity index is 289. The van der Waals surface area contributed by atoms with Gasteiger partial charge in [-0.05, 0) is 31.5 Å². The normalized spacial score (nSPS) is 11.8. The molecule has 0 heterocycles. The molecule has 0 aliphatic heterocycles. The number of hydrogen-bond acceptors (Lipinski definition) is 1. The summed E-state index contributed by atoms with van der Waals surface area (Å²) < 4.78 is -0.172. The van der Waals surface area contributed by atoms with Crippen molar-refractivity contribution in [3.05, 3.63) is 33.8 Å². The number of thiol groups is 1. The summed E-state index contributed by atoms with van der Waals surface area (Å²) in [5.74, 6) is 0. The Balaban J connectivity index is 3.14. The second kappa shape index (κ2) is 3.49. The van der Waals surface area contributed by atoms with E-state index >= 15 is 0 Å². The molecule has 0 atom stereocenters. The monoisotopic (exact) mass is 220 g/mol. The number of rotatable bonds is 1. The highest BCUT2D eigenvalue weighted by Crippen LogP contribution is 2.31. The lowest BCUT2D eigenvalue weighted by Crippen LogP contribution is -2.06. The summed E-state index contributed by atoms with van der Waals surface area (Å²) in [6.07, 6.45) is 0. The Morgan fingerprint density at radius 2 is 1.75 bits per heavy atom. The molecule has 0 radical (unpaired) electrons. The predicted molar refractivity (Wildman–Crippen MR) is 58.5 cm³/mol. The zero-order chi connectivity index (χ0) is 9.35. The zero-order valence-corrected chi connectivity index (χ0v) is 9.34. The van der Waals surface area contributed by atoms with Crippen LogP contribution in [0.4, 0.5) is 0 Å². The molecule has 0 aliphatic carbocycles. The molecule has 1 rings (SSSR count). The molecule has 0 aliphatic rings. The molecular formula is C9H10Cl2S. The van der Waals surface area contributed by atoms with Crippen molar-refractivity contribution in [3.8, 4) is 0 Å². The van der Waals surface area contributed by atoms with Gasteiger partial charge in [-0.2, -0.15) is 12.6 Å². The van der Waals surface area contributed by atoms with Crippen LogP contribution in [0.2, 0.25) is 10.0 Å². The molecule has 0 bridgehead atoms. The van der Waals surface area contributed by atoms with E-state index in [-0.39, 0.29) is 4.75 Å².